The summed E-state index contributed by atoms with van der Waals surface area (Å²) in [6.07, 6.45) is 0.862. The molecule has 2 aromatic rings. The average Bonchev–Trinajstić information content (AvgIpc) is 2.72. The van der Waals surface area contributed by atoms with E-state index in [-0.39, 0.29) is 6.04 Å². The summed E-state index contributed by atoms with van der Waals surface area (Å²) in [5.74, 6) is 0. The lowest BCUT2D eigenvalue weighted by Gasteiger charge is -2.14. The Balaban J connectivity index is 2.05. The van der Waals surface area contributed by atoms with Crippen LogP contribution in [-0.4, -0.2) is 9.78 Å². The van der Waals surface area contributed by atoms with Gasteiger partial charge < -0.3 is 5.32 Å². The minimum Gasteiger partial charge on any atom is -0.305 e. The van der Waals surface area contributed by atoms with Crippen molar-refractivity contribution in [3.8, 4) is 0 Å². The van der Waals surface area contributed by atoms with Crippen LogP contribution in [-0.2, 0) is 20.0 Å². The van der Waals surface area contributed by atoms with E-state index in [2.05, 4.69) is 48.5 Å². The Bertz CT molecular complexity index is 534. The SMILES string of the molecule is CCc1nn(C)c(CN[C@@H](C)c2ccccc2)c1Cl. The van der Waals surface area contributed by atoms with Crippen LogP contribution in [0.25, 0.3) is 0 Å². The summed E-state index contributed by atoms with van der Waals surface area (Å²) in [6, 6.07) is 10.7. The first-order valence-electron chi connectivity index (χ1n) is 6.62. The van der Waals surface area contributed by atoms with Gasteiger partial charge in [0.2, 0.25) is 0 Å². The maximum atomic E-state index is 6.34. The first-order chi connectivity index (χ1) is 9.13. The molecule has 1 heterocycles. The summed E-state index contributed by atoms with van der Waals surface area (Å²) in [5, 5.41) is 8.70. The zero-order valence-corrected chi connectivity index (χ0v) is 12.4. The molecule has 0 spiro atoms. The van der Waals surface area contributed by atoms with Gasteiger partial charge in [-0.05, 0) is 18.9 Å². The van der Waals surface area contributed by atoms with Crippen molar-refractivity contribution in [1.82, 2.24) is 15.1 Å². The van der Waals surface area contributed by atoms with Gasteiger partial charge in [0.05, 0.1) is 16.4 Å². The molecule has 0 aliphatic heterocycles. The number of nitrogens with one attached hydrogen (secondary N) is 1. The first-order valence-corrected chi connectivity index (χ1v) is 6.99. The number of aromatic nitrogens is 2. The van der Waals surface area contributed by atoms with E-state index >= 15 is 0 Å². The Morgan fingerprint density at radius 2 is 2.00 bits per heavy atom. The van der Waals surface area contributed by atoms with E-state index in [1.54, 1.807) is 0 Å². The number of halogens is 1. The molecular weight excluding hydrogens is 258 g/mol. The summed E-state index contributed by atoms with van der Waals surface area (Å²) in [4.78, 5) is 0. The third-order valence-corrected chi connectivity index (χ3v) is 3.81. The van der Waals surface area contributed by atoms with Crippen molar-refractivity contribution < 1.29 is 0 Å². The molecule has 0 saturated carbocycles. The monoisotopic (exact) mass is 277 g/mol. The van der Waals surface area contributed by atoms with Gasteiger partial charge in [0.1, 0.15) is 0 Å². The predicted octanol–water partition coefficient (Wildman–Crippen LogP) is 3.49. The van der Waals surface area contributed by atoms with Crippen LogP contribution >= 0.6 is 11.6 Å². The van der Waals surface area contributed by atoms with Gasteiger partial charge in [-0.1, -0.05) is 48.9 Å². The number of hydrogen-bond acceptors (Lipinski definition) is 2. The van der Waals surface area contributed by atoms with E-state index in [1.165, 1.54) is 5.56 Å². The van der Waals surface area contributed by atoms with E-state index < -0.39 is 0 Å². The van der Waals surface area contributed by atoms with Crippen LogP contribution in [0.3, 0.4) is 0 Å². The van der Waals surface area contributed by atoms with E-state index in [0.29, 0.717) is 0 Å². The standard InChI is InChI=1S/C15H20ClN3/c1-4-13-15(16)14(19(3)18-13)10-17-11(2)12-8-6-5-7-9-12/h5-9,11,17H,4,10H2,1-3H3/t11-/m0/s1. The molecule has 0 bridgehead atoms. The average molecular weight is 278 g/mol. The third-order valence-electron chi connectivity index (χ3n) is 3.38. The van der Waals surface area contributed by atoms with Crippen molar-refractivity contribution in [2.24, 2.45) is 7.05 Å². The Labute approximate surface area is 119 Å². The quantitative estimate of drug-likeness (QED) is 0.907. The summed E-state index contributed by atoms with van der Waals surface area (Å²) in [5.41, 5.74) is 3.28. The number of aryl methyl sites for hydroxylation is 2. The molecule has 1 aromatic heterocycles. The highest BCUT2D eigenvalue weighted by Gasteiger charge is 2.13. The fourth-order valence-electron chi connectivity index (χ4n) is 2.12. The molecule has 0 aliphatic rings. The molecular formula is C15H20ClN3. The molecule has 0 radical (unpaired) electrons. The van der Waals surface area contributed by atoms with Gasteiger partial charge in [-0.25, -0.2) is 0 Å². The van der Waals surface area contributed by atoms with Crippen molar-refractivity contribution in [3.05, 3.63) is 52.3 Å². The highest BCUT2D eigenvalue weighted by molar-refractivity contribution is 6.31. The smallest absolute Gasteiger partial charge is 0.0863 e. The van der Waals surface area contributed by atoms with Crippen molar-refractivity contribution in [2.45, 2.75) is 32.9 Å². The fraction of sp³-hybridized carbons (Fsp3) is 0.400. The molecule has 2 rings (SSSR count). The van der Waals surface area contributed by atoms with Crippen LogP contribution in [0.15, 0.2) is 30.3 Å². The molecule has 102 valence electrons. The largest absolute Gasteiger partial charge is 0.305 e. The number of benzene rings is 1. The van der Waals surface area contributed by atoms with Gasteiger partial charge in [-0.15, -0.1) is 0 Å². The second-order valence-electron chi connectivity index (χ2n) is 4.70. The van der Waals surface area contributed by atoms with Gasteiger partial charge >= 0.3 is 0 Å². The van der Waals surface area contributed by atoms with E-state index in [4.69, 9.17) is 11.6 Å². The topological polar surface area (TPSA) is 29.9 Å². The van der Waals surface area contributed by atoms with Gasteiger partial charge in [0, 0.05) is 19.6 Å². The highest BCUT2D eigenvalue weighted by Crippen LogP contribution is 2.21. The minimum absolute atomic E-state index is 0.289. The normalized spacial score (nSPS) is 12.6. The third kappa shape index (κ3) is 3.17. The molecule has 0 unspecified atom stereocenters. The van der Waals surface area contributed by atoms with Crippen molar-refractivity contribution in [1.29, 1.82) is 0 Å². The second kappa shape index (κ2) is 6.22. The van der Waals surface area contributed by atoms with Gasteiger partial charge in [-0.3, -0.25) is 4.68 Å². The molecule has 1 atom stereocenters. The first kappa shape index (κ1) is 14.1. The van der Waals surface area contributed by atoms with Crippen LogP contribution in [0, 0.1) is 0 Å². The fourth-order valence-corrected chi connectivity index (χ4v) is 2.48. The lowest BCUT2D eigenvalue weighted by molar-refractivity contribution is 0.548. The summed E-state index contributed by atoms with van der Waals surface area (Å²) < 4.78 is 1.87. The van der Waals surface area contributed by atoms with Crippen LogP contribution in [0.4, 0.5) is 0 Å². The van der Waals surface area contributed by atoms with Crippen molar-refractivity contribution in [3.63, 3.8) is 0 Å². The molecule has 1 aromatic carbocycles. The highest BCUT2D eigenvalue weighted by atomic mass is 35.5. The van der Waals surface area contributed by atoms with Crippen LogP contribution < -0.4 is 5.32 Å². The molecule has 0 saturated heterocycles. The lowest BCUT2D eigenvalue weighted by Crippen LogP contribution is -2.19. The number of hydrogen-bond donors (Lipinski definition) is 1. The number of rotatable bonds is 5. The molecule has 4 heteroatoms. The molecule has 0 fully saturated rings. The minimum atomic E-state index is 0.289. The molecule has 0 aliphatic carbocycles. The zero-order valence-electron chi connectivity index (χ0n) is 11.7. The Hall–Kier alpha value is -1.32. The van der Waals surface area contributed by atoms with Gasteiger partial charge in [0.25, 0.3) is 0 Å². The van der Waals surface area contributed by atoms with Gasteiger partial charge in [-0.2, -0.15) is 5.10 Å². The molecule has 0 amide bonds. The molecule has 3 nitrogen and oxygen atoms in total. The van der Waals surface area contributed by atoms with Crippen molar-refractivity contribution in [2.75, 3.05) is 0 Å². The summed E-state index contributed by atoms with van der Waals surface area (Å²) in [7, 11) is 1.94. The summed E-state index contributed by atoms with van der Waals surface area (Å²) >= 11 is 6.34. The maximum Gasteiger partial charge on any atom is 0.0863 e. The Morgan fingerprint density at radius 1 is 1.32 bits per heavy atom. The Morgan fingerprint density at radius 3 is 2.58 bits per heavy atom. The van der Waals surface area contributed by atoms with E-state index in [1.807, 2.05) is 17.8 Å². The van der Waals surface area contributed by atoms with Crippen LogP contribution in [0.5, 0.6) is 0 Å². The maximum absolute atomic E-state index is 6.34. The van der Waals surface area contributed by atoms with Gasteiger partial charge in [0.15, 0.2) is 0 Å². The van der Waals surface area contributed by atoms with Crippen LogP contribution in [0.1, 0.15) is 36.8 Å². The molecule has 1 N–H and O–H groups in total. The lowest BCUT2D eigenvalue weighted by atomic mass is 10.1. The van der Waals surface area contributed by atoms with E-state index in [0.717, 1.165) is 29.4 Å². The molecule has 19 heavy (non-hydrogen) atoms. The zero-order chi connectivity index (χ0) is 13.8. The van der Waals surface area contributed by atoms with Crippen LogP contribution in [0.2, 0.25) is 5.02 Å². The second-order valence-corrected chi connectivity index (χ2v) is 5.08. The number of nitrogens with zero attached hydrogens (tertiary/aromatic N) is 2. The van der Waals surface area contributed by atoms with E-state index in [9.17, 15) is 0 Å². The Kier molecular flexibility index (Phi) is 4.61. The van der Waals surface area contributed by atoms with Crippen molar-refractivity contribution >= 4 is 11.6 Å². The predicted molar refractivity (Wildman–Crippen MR) is 79.3 cm³/mol. The summed E-state index contributed by atoms with van der Waals surface area (Å²) in [6.45, 7) is 4.94.